The summed E-state index contributed by atoms with van der Waals surface area (Å²) >= 11 is 0. The van der Waals surface area contributed by atoms with Gasteiger partial charge in [0.15, 0.2) is 0 Å². The van der Waals surface area contributed by atoms with E-state index in [-0.39, 0.29) is 36.5 Å². The average molecular weight is 451 g/mol. The van der Waals surface area contributed by atoms with Crippen LogP contribution in [0.4, 0.5) is 0 Å². The van der Waals surface area contributed by atoms with Crippen LogP contribution in [0.25, 0.3) is 0 Å². The molecule has 9 nitrogen and oxygen atoms in total. The van der Waals surface area contributed by atoms with Crippen molar-refractivity contribution in [3.05, 3.63) is 64.7 Å². The fourth-order valence-corrected chi connectivity index (χ4v) is 4.00. The number of ether oxygens (including phenoxy) is 2. The van der Waals surface area contributed by atoms with Crippen LogP contribution in [-0.4, -0.2) is 55.4 Å². The molecular formula is C24H25N3O6. The Labute approximate surface area is 191 Å². The molecule has 0 radical (unpaired) electrons. The van der Waals surface area contributed by atoms with Gasteiger partial charge in [-0.3, -0.25) is 14.4 Å². The Hall–Kier alpha value is -3.88. The van der Waals surface area contributed by atoms with Crippen LogP contribution in [0.5, 0.6) is 5.75 Å². The number of benzene rings is 2. The van der Waals surface area contributed by atoms with Gasteiger partial charge in [-0.1, -0.05) is 24.3 Å². The summed E-state index contributed by atoms with van der Waals surface area (Å²) in [7, 11) is 2.73. The Morgan fingerprint density at radius 3 is 2.52 bits per heavy atom. The number of nitrogens with zero attached hydrogens (tertiary/aromatic N) is 1. The van der Waals surface area contributed by atoms with Crippen LogP contribution in [0.3, 0.4) is 0 Å². The van der Waals surface area contributed by atoms with Gasteiger partial charge in [0.25, 0.3) is 5.91 Å². The van der Waals surface area contributed by atoms with Gasteiger partial charge in [-0.15, -0.1) is 0 Å². The summed E-state index contributed by atoms with van der Waals surface area (Å²) in [6, 6.07) is 11.3. The number of carbonyl (C=O) groups excluding carboxylic acids is 4. The fourth-order valence-electron chi connectivity index (χ4n) is 4.00. The number of hydrogen-bond acceptors (Lipinski definition) is 6. The molecule has 2 aromatic carbocycles. The van der Waals surface area contributed by atoms with E-state index in [1.54, 1.807) is 47.4 Å². The minimum atomic E-state index is -0.724. The highest BCUT2D eigenvalue weighted by molar-refractivity contribution is 6.05. The van der Waals surface area contributed by atoms with Crippen LogP contribution in [-0.2, 0) is 20.9 Å². The number of methoxy groups -OCH3 is 2. The first-order chi connectivity index (χ1) is 15.9. The number of amides is 3. The second-order valence-electron chi connectivity index (χ2n) is 7.95. The highest BCUT2D eigenvalue weighted by Crippen LogP contribution is 2.41. The van der Waals surface area contributed by atoms with E-state index in [2.05, 4.69) is 10.6 Å². The number of esters is 1. The zero-order chi connectivity index (χ0) is 23.5. The molecule has 172 valence electrons. The van der Waals surface area contributed by atoms with Gasteiger partial charge in [-0.2, -0.15) is 0 Å². The predicted octanol–water partition coefficient (Wildman–Crippen LogP) is 1.57. The zero-order valence-electron chi connectivity index (χ0n) is 18.4. The maximum atomic E-state index is 12.9. The highest BCUT2D eigenvalue weighted by Gasteiger charge is 2.47. The Morgan fingerprint density at radius 1 is 1.06 bits per heavy atom. The summed E-state index contributed by atoms with van der Waals surface area (Å²) in [6.07, 6.45) is 1.75. The van der Waals surface area contributed by atoms with E-state index in [1.807, 2.05) is 0 Å². The lowest BCUT2D eigenvalue weighted by Gasteiger charge is -2.24. The smallest absolute Gasteiger partial charge is 0.341 e. The van der Waals surface area contributed by atoms with Crippen molar-refractivity contribution in [2.45, 2.75) is 31.5 Å². The number of rotatable bonds is 8. The van der Waals surface area contributed by atoms with Crippen LogP contribution in [0.2, 0.25) is 0 Å². The molecule has 0 spiro atoms. The first-order valence-electron chi connectivity index (χ1n) is 10.7. The van der Waals surface area contributed by atoms with Crippen LogP contribution >= 0.6 is 0 Å². The third-order valence-electron chi connectivity index (χ3n) is 5.77. The summed E-state index contributed by atoms with van der Waals surface area (Å²) in [4.78, 5) is 51.6. The second-order valence-corrected chi connectivity index (χ2v) is 7.95. The number of hydrogen-bond donors (Lipinski definition) is 2. The van der Waals surface area contributed by atoms with Crippen molar-refractivity contribution < 1.29 is 28.7 Å². The Bertz CT molecular complexity index is 1110. The van der Waals surface area contributed by atoms with Crippen molar-refractivity contribution in [2.75, 3.05) is 20.8 Å². The summed E-state index contributed by atoms with van der Waals surface area (Å²) in [5.74, 6) is -1.09. The lowest BCUT2D eigenvalue weighted by atomic mass is 10.0. The van der Waals surface area contributed by atoms with Crippen LogP contribution in [0.15, 0.2) is 42.5 Å². The van der Waals surface area contributed by atoms with Crippen molar-refractivity contribution in [3.8, 4) is 5.75 Å². The van der Waals surface area contributed by atoms with E-state index in [0.29, 0.717) is 22.4 Å². The van der Waals surface area contributed by atoms with E-state index in [4.69, 9.17) is 9.47 Å². The minimum absolute atomic E-state index is 0.0635. The first-order valence-corrected chi connectivity index (χ1v) is 10.7. The number of fused-ring (bicyclic) bond motifs is 1. The third kappa shape index (κ3) is 4.52. The minimum Gasteiger partial charge on any atom is -0.496 e. The maximum Gasteiger partial charge on any atom is 0.341 e. The average Bonchev–Trinajstić information content (AvgIpc) is 3.64. The molecular weight excluding hydrogens is 426 g/mol. The topological polar surface area (TPSA) is 114 Å². The van der Waals surface area contributed by atoms with Gasteiger partial charge in [0, 0.05) is 18.2 Å². The predicted molar refractivity (Wildman–Crippen MR) is 118 cm³/mol. The summed E-state index contributed by atoms with van der Waals surface area (Å²) in [5, 5.41) is 5.37. The normalized spacial score (nSPS) is 16.7. The first kappa shape index (κ1) is 22.3. The standard InChI is InChI=1S/C24H25N3O6/c1-32-19-10-7-14(11-18(19)24(31)33-2)12-25-20(28)13-26-22(29)21-16-5-3-4-6-17(16)23(30)27(21)15-8-9-15/h3-7,10-11,15,21H,8-9,12-13H2,1-2H3,(H,25,28)(H,26,29). The monoisotopic (exact) mass is 451 g/mol. The van der Waals surface area contributed by atoms with Gasteiger partial charge in [0.2, 0.25) is 11.8 Å². The fraction of sp³-hybridized carbons (Fsp3) is 0.333. The molecule has 1 aliphatic heterocycles. The van der Waals surface area contributed by atoms with Gasteiger partial charge >= 0.3 is 5.97 Å². The van der Waals surface area contributed by atoms with Crippen LogP contribution < -0.4 is 15.4 Å². The molecule has 1 saturated carbocycles. The van der Waals surface area contributed by atoms with Crippen molar-refractivity contribution in [2.24, 2.45) is 0 Å². The molecule has 1 fully saturated rings. The largest absolute Gasteiger partial charge is 0.496 e. The number of carbonyl (C=O) groups is 4. The highest BCUT2D eigenvalue weighted by atomic mass is 16.5. The molecule has 33 heavy (non-hydrogen) atoms. The molecule has 9 heteroatoms. The van der Waals surface area contributed by atoms with Gasteiger partial charge in [0.1, 0.15) is 17.4 Å². The Kier molecular flexibility index (Phi) is 6.30. The van der Waals surface area contributed by atoms with E-state index in [9.17, 15) is 19.2 Å². The summed E-state index contributed by atoms with van der Waals surface area (Å²) < 4.78 is 9.92. The van der Waals surface area contributed by atoms with Crippen LogP contribution in [0.1, 0.15) is 50.7 Å². The molecule has 4 rings (SSSR count). The zero-order valence-corrected chi connectivity index (χ0v) is 18.4. The molecule has 0 bridgehead atoms. The summed E-state index contributed by atoms with van der Waals surface area (Å²) in [6.45, 7) is -0.0775. The molecule has 1 atom stereocenters. The molecule has 2 N–H and O–H groups in total. The molecule has 0 saturated heterocycles. The van der Waals surface area contributed by atoms with Crippen molar-refractivity contribution in [3.63, 3.8) is 0 Å². The van der Waals surface area contributed by atoms with Crippen molar-refractivity contribution in [1.82, 2.24) is 15.5 Å². The van der Waals surface area contributed by atoms with E-state index in [0.717, 1.165) is 12.8 Å². The van der Waals surface area contributed by atoms with Crippen molar-refractivity contribution >= 4 is 23.7 Å². The molecule has 1 aliphatic carbocycles. The molecule has 1 unspecified atom stereocenters. The van der Waals surface area contributed by atoms with Crippen LogP contribution in [0, 0.1) is 0 Å². The van der Waals surface area contributed by atoms with Gasteiger partial charge in [-0.05, 0) is 42.2 Å². The van der Waals surface area contributed by atoms with Gasteiger partial charge < -0.3 is 25.0 Å². The van der Waals surface area contributed by atoms with Gasteiger partial charge in [-0.25, -0.2) is 4.79 Å². The van der Waals surface area contributed by atoms with Crippen molar-refractivity contribution in [1.29, 1.82) is 0 Å². The lowest BCUT2D eigenvalue weighted by Crippen LogP contribution is -2.43. The van der Waals surface area contributed by atoms with E-state index >= 15 is 0 Å². The third-order valence-corrected chi connectivity index (χ3v) is 5.77. The SMILES string of the molecule is COC(=O)c1cc(CNC(=O)CNC(=O)C2c3ccccc3C(=O)N2C2CC2)ccc1OC. The van der Waals surface area contributed by atoms with E-state index in [1.165, 1.54) is 14.2 Å². The Morgan fingerprint density at radius 2 is 1.82 bits per heavy atom. The molecule has 0 aromatic heterocycles. The number of nitrogens with one attached hydrogen (secondary N) is 2. The second kappa shape index (κ2) is 9.32. The Balaban J connectivity index is 1.36. The molecule has 3 amide bonds. The summed E-state index contributed by atoms with van der Waals surface area (Å²) in [5.41, 5.74) is 2.13. The molecule has 1 heterocycles. The maximum absolute atomic E-state index is 12.9. The molecule has 2 aliphatic rings. The van der Waals surface area contributed by atoms with E-state index < -0.39 is 17.9 Å². The molecule has 2 aromatic rings. The van der Waals surface area contributed by atoms with Gasteiger partial charge in [0.05, 0.1) is 20.8 Å². The lowest BCUT2D eigenvalue weighted by molar-refractivity contribution is -0.129. The quantitative estimate of drug-likeness (QED) is 0.589.